The van der Waals surface area contributed by atoms with Crippen LogP contribution in [-0.4, -0.2) is 18.4 Å². The predicted octanol–water partition coefficient (Wildman–Crippen LogP) is 5.57. The Kier molecular flexibility index (Phi) is 3.28. The van der Waals surface area contributed by atoms with Crippen molar-refractivity contribution in [2.75, 3.05) is 0 Å². The Bertz CT molecular complexity index is 517. The van der Waals surface area contributed by atoms with Crippen LogP contribution in [0.4, 0.5) is 4.79 Å². The molecular formula is C21H34O3. The minimum absolute atomic E-state index is 0.0261. The van der Waals surface area contributed by atoms with Crippen LogP contribution in [0.15, 0.2) is 0 Å². The molecule has 4 fully saturated rings. The van der Waals surface area contributed by atoms with Gasteiger partial charge in [-0.3, -0.25) is 0 Å². The molecule has 0 aromatic carbocycles. The Balaban J connectivity index is 1.43. The second-order valence-electron chi connectivity index (χ2n) is 10.7. The van der Waals surface area contributed by atoms with Crippen LogP contribution in [0.25, 0.3) is 0 Å². The highest BCUT2D eigenvalue weighted by atomic mass is 16.7. The van der Waals surface area contributed by atoms with E-state index in [0.717, 1.165) is 12.8 Å². The highest BCUT2D eigenvalue weighted by Crippen LogP contribution is 2.67. The highest BCUT2D eigenvalue weighted by molar-refractivity contribution is 5.61. The smallest absolute Gasteiger partial charge is 0.430 e. The molecule has 0 aromatic rings. The van der Waals surface area contributed by atoms with Gasteiger partial charge in [0, 0.05) is 10.8 Å². The van der Waals surface area contributed by atoms with E-state index < -0.39 is 6.16 Å². The minimum atomic E-state index is -0.417. The average molecular weight is 335 g/mol. The van der Waals surface area contributed by atoms with E-state index in [9.17, 15) is 4.79 Å². The molecule has 4 aliphatic carbocycles. The van der Waals surface area contributed by atoms with Gasteiger partial charge >= 0.3 is 6.16 Å². The summed E-state index contributed by atoms with van der Waals surface area (Å²) in [6.07, 6.45) is 6.53. The zero-order valence-corrected chi connectivity index (χ0v) is 16.3. The third-order valence-electron chi connectivity index (χ3n) is 9.90. The molecule has 0 spiro atoms. The number of rotatable bonds is 2. The van der Waals surface area contributed by atoms with E-state index in [-0.39, 0.29) is 33.9 Å². The van der Waals surface area contributed by atoms with Gasteiger partial charge in [-0.05, 0) is 61.2 Å². The first-order valence-corrected chi connectivity index (χ1v) is 9.90. The molecule has 24 heavy (non-hydrogen) atoms. The summed E-state index contributed by atoms with van der Waals surface area (Å²) in [7, 11) is 0. The Morgan fingerprint density at radius 3 is 1.38 bits per heavy atom. The van der Waals surface area contributed by atoms with Gasteiger partial charge in [-0.1, -0.05) is 41.5 Å². The van der Waals surface area contributed by atoms with Gasteiger partial charge < -0.3 is 9.47 Å². The number of hydrogen-bond donors (Lipinski definition) is 0. The summed E-state index contributed by atoms with van der Waals surface area (Å²) >= 11 is 0. The summed E-state index contributed by atoms with van der Waals surface area (Å²) in [6, 6.07) is 0. The van der Waals surface area contributed by atoms with Crippen LogP contribution in [-0.2, 0) is 9.47 Å². The maximum Gasteiger partial charge on any atom is 0.508 e. The molecule has 3 heteroatoms. The fraction of sp³-hybridized carbons (Fsp3) is 0.952. The lowest BCUT2D eigenvalue weighted by Crippen LogP contribution is -2.41. The maximum absolute atomic E-state index is 12.6. The third kappa shape index (κ3) is 1.82. The van der Waals surface area contributed by atoms with Crippen molar-refractivity contribution in [1.29, 1.82) is 0 Å². The fourth-order valence-corrected chi connectivity index (χ4v) is 6.88. The van der Waals surface area contributed by atoms with Gasteiger partial charge in [-0.15, -0.1) is 0 Å². The van der Waals surface area contributed by atoms with Crippen molar-refractivity contribution >= 4 is 6.16 Å². The number of carbonyl (C=O) groups excluding carboxylic acids is 1. The summed E-state index contributed by atoms with van der Waals surface area (Å²) in [5.41, 5.74) is 0.736. The molecule has 0 heterocycles. The minimum Gasteiger partial charge on any atom is -0.430 e. The molecule has 0 amide bonds. The van der Waals surface area contributed by atoms with Crippen LogP contribution in [0, 0.1) is 33.5 Å². The molecule has 0 aliphatic heterocycles. The van der Waals surface area contributed by atoms with Crippen LogP contribution < -0.4 is 0 Å². The van der Waals surface area contributed by atoms with Gasteiger partial charge in [-0.25, -0.2) is 4.79 Å². The van der Waals surface area contributed by atoms with Gasteiger partial charge in [0.25, 0.3) is 0 Å². The first kappa shape index (κ1) is 16.7. The van der Waals surface area contributed by atoms with Crippen LogP contribution in [0.5, 0.6) is 0 Å². The molecule has 6 unspecified atom stereocenters. The van der Waals surface area contributed by atoms with Crippen LogP contribution in [0.3, 0.4) is 0 Å². The Morgan fingerprint density at radius 2 is 1.12 bits per heavy atom. The molecule has 4 aliphatic rings. The van der Waals surface area contributed by atoms with Gasteiger partial charge in [-0.2, -0.15) is 0 Å². The fourth-order valence-electron chi connectivity index (χ4n) is 6.88. The van der Waals surface area contributed by atoms with Crippen molar-refractivity contribution in [3.63, 3.8) is 0 Å². The predicted molar refractivity (Wildman–Crippen MR) is 93.6 cm³/mol. The van der Waals surface area contributed by atoms with E-state index in [2.05, 4.69) is 41.5 Å². The van der Waals surface area contributed by atoms with Crippen molar-refractivity contribution in [2.45, 2.75) is 92.3 Å². The Labute approximate surface area is 146 Å². The van der Waals surface area contributed by atoms with Crippen molar-refractivity contribution in [1.82, 2.24) is 0 Å². The first-order valence-electron chi connectivity index (χ1n) is 9.90. The summed E-state index contributed by atoms with van der Waals surface area (Å²) in [5.74, 6) is 1.36. The van der Waals surface area contributed by atoms with Gasteiger partial charge in [0.1, 0.15) is 12.2 Å². The van der Waals surface area contributed by atoms with E-state index in [1.54, 1.807) is 0 Å². The number of fused-ring (bicyclic) bond motifs is 4. The normalized spacial score (nSPS) is 50.2. The molecule has 0 N–H and O–H groups in total. The molecule has 0 radical (unpaired) electrons. The van der Waals surface area contributed by atoms with Gasteiger partial charge in [0.15, 0.2) is 0 Å². The summed E-state index contributed by atoms with van der Waals surface area (Å²) < 4.78 is 11.8. The molecule has 136 valence electrons. The monoisotopic (exact) mass is 334 g/mol. The van der Waals surface area contributed by atoms with Crippen LogP contribution in [0.2, 0.25) is 0 Å². The van der Waals surface area contributed by atoms with Crippen molar-refractivity contribution < 1.29 is 14.3 Å². The number of hydrogen-bond acceptors (Lipinski definition) is 3. The summed E-state index contributed by atoms with van der Waals surface area (Å²) in [5, 5.41) is 0. The average Bonchev–Trinajstić information content (AvgIpc) is 2.99. The maximum atomic E-state index is 12.6. The van der Waals surface area contributed by atoms with E-state index in [4.69, 9.17) is 9.47 Å². The third-order valence-corrected chi connectivity index (χ3v) is 9.90. The van der Waals surface area contributed by atoms with Gasteiger partial charge in [0.05, 0.1) is 0 Å². The molecule has 6 atom stereocenters. The van der Waals surface area contributed by atoms with Crippen molar-refractivity contribution in [3.8, 4) is 0 Å². The zero-order valence-electron chi connectivity index (χ0n) is 16.3. The van der Waals surface area contributed by atoms with Crippen molar-refractivity contribution in [2.24, 2.45) is 33.5 Å². The van der Waals surface area contributed by atoms with E-state index in [1.807, 2.05) is 0 Å². The lowest BCUT2D eigenvalue weighted by molar-refractivity contribution is -0.0763. The van der Waals surface area contributed by atoms with Gasteiger partial charge in [0.2, 0.25) is 0 Å². The molecular weight excluding hydrogens is 300 g/mol. The second kappa shape index (κ2) is 4.71. The zero-order chi connectivity index (χ0) is 17.5. The van der Waals surface area contributed by atoms with Crippen LogP contribution in [0.1, 0.15) is 80.1 Å². The molecule has 0 aromatic heterocycles. The Hall–Kier alpha value is -0.730. The van der Waals surface area contributed by atoms with Crippen molar-refractivity contribution in [3.05, 3.63) is 0 Å². The SMILES string of the molecule is CC1(C)C2CCC1(C)C(OC(=O)OC1CC3CCC1(C)C3(C)C)C2. The second-order valence-corrected chi connectivity index (χ2v) is 10.7. The molecule has 4 rings (SSSR count). The summed E-state index contributed by atoms with van der Waals surface area (Å²) in [4.78, 5) is 12.6. The van der Waals surface area contributed by atoms with E-state index in [0.29, 0.717) is 11.8 Å². The van der Waals surface area contributed by atoms with Crippen LogP contribution >= 0.6 is 0 Å². The number of carbonyl (C=O) groups is 1. The first-order chi connectivity index (χ1) is 11.0. The number of ether oxygens (including phenoxy) is 2. The summed E-state index contributed by atoms with van der Waals surface area (Å²) in [6.45, 7) is 14.0. The topological polar surface area (TPSA) is 35.5 Å². The lowest BCUT2D eigenvalue weighted by Gasteiger charge is -2.40. The van der Waals surface area contributed by atoms with E-state index in [1.165, 1.54) is 25.7 Å². The molecule has 4 bridgehead atoms. The molecule has 4 saturated carbocycles. The largest absolute Gasteiger partial charge is 0.508 e. The highest BCUT2D eigenvalue weighted by Gasteiger charge is 2.65. The molecule has 0 saturated heterocycles. The standard InChI is InChI=1S/C21H34O3/c1-18(2)13-7-9-20(18,5)15(11-13)23-17(22)24-16-12-14-8-10-21(16,6)19(14,3)4/h13-16H,7-12H2,1-6H3. The van der Waals surface area contributed by atoms with E-state index >= 15 is 0 Å². The quantitative estimate of drug-likeness (QED) is 0.619. The lowest BCUT2D eigenvalue weighted by atomic mass is 9.70. The molecule has 3 nitrogen and oxygen atoms in total. The Morgan fingerprint density at radius 1 is 0.750 bits per heavy atom.